The van der Waals surface area contributed by atoms with Gasteiger partial charge in [-0.1, -0.05) is 24.3 Å². The molecule has 2 aromatic carbocycles. The number of rotatable bonds is 5. The molecule has 1 aliphatic heterocycles. The normalized spacial score (nSPS) is 15.7. The van der Waals surface area contributed by atoms with E-state index in [0.29, 0.717) is 17.0 Å². The zero-order valence-electron chi connectivity index (χ0n) is 20.7. The third-order valence-electron chi connectivity index (χ3n) is 7.07. The monoisotopic (exact) mass is 508 g/mol. The van der Waals surface area contributed by atoms with Crippen LogP contribution < -0.4 is 5.32 Å². The molecule has 1 atom stereocenters. The number of fused-ring (bicyclic) bond motifs is 3. The predicted molar refractivity (Wildman–Crippen MR) is 138 cm³/mol. The van der Waals surface area contributed by atoms with Crippen LogP contribution in [-0.4, -0.2) is 45.5 Å². The molecule has 9 heteroatoms. The van der Waals surface area contributed by atoms with Gasteiger partial charge in [0, 0.05) is 24.7 Å². The summed E-state index contributed by atoms with van der Waals surface area (Å²) in [5.41, 5.74) is 3.56. The van der Waals surface area contributed by atoms with Gasteiger partial charge >= 0.3 is 12.1 Å². The molecule has 0 saturated heterocycles. The van der Waals surface area contributed by atoms with E-state index in [0.717, 1.165) is 42.0 Å². The van der Waals surface area contributed by atoms with E-state index in [2.05, 4.69) is 23.3 Å². The fraction of sp³-hybridized carbons (Fsp3) is 0.286. The summed E-state index contributed by atoms with van der Waals surface area (Å²) >= 11 is 0. The summed E-state index contributed by atoms with van der Waals surface area (Å²) in [4.78, 5) is 18.6. The maximum Gasteiger partial charge on any atom is 0.416 e. The molecule has 1 aliphatic rings. The second kappa shape index (κ2) is 9.23. The molecular weight excluding hydrogens is 481 g/mol. The van der Waals surface area contributed by atoms with Gasteiger partial charge in [0.2, 0.25) is 0 Å². The summed E-state index contributed by atoms with van der Waals surface area (Å²) in [6, 6.07) is 11.2. The third kappa shape index (κ3) is 4.67. The lowest BCUT2D eigenvalue weighted by molar-refractivity contribution is -0.138. The minimum Gasteiger partial charge on any atom is -0.478 e. The Morgan fingerprint density at radius 1 is 1.19 bits per heavy atom. The molecule has 2 N–H and O–H groups in total. The van der Waals surface area contributed by atoms with E-state index < -0.39 is 23.8 Å². The van der Waals surface area contributed by atoms with Gasteiger partial charge in [-0.05, 0) is 73.8 Å². The minimum absolute atomic E-state index is 0.106. The Hall–Kier alpha value is -3.85. The van der Waals surface area contributed by atoms with Crippen molar-refractivity contribution in [3.05, 3.63) is 82.6 Å². The first-order valence-corrected chi connectivity index (χ1v) is 12.0. The summed E-state index contributed by atoms with van der Waals surface area (Å²) in [5.74, 6) is -0.577. The summed E-state index contributed by atoms with van der Waals surface area (Å²) < 4.78 is 42.3. The number of halogens is 3. The molecule has 0 saturated carbocycles. The minimum atomic E-state index is -4.44. The predicted octanol–water partition coefficient (Wildman–Crippen LogP) is 6.40. The van der Waals surface area contributed by atoms with Crippen LogP contribution in [0, 0.1) is 6.92 Å². The molecule has 0 amide bonds. The van der Waals surface area contributed by atoms with Crippen LogP contribution in [0.4, 0.5) is 19.0 Å². The molecule has 2 aromatic heterocycles. The highest BCUT2D eigenvalue weighted by atomic mass is 19.4. The van der Waals surface area contributed by atoms with E-state index >= 15 is 0 Å². The molecule has 0 fully saturated rings. The van der Waals surface area contributed by atoms with Gasteiger partial charge in [0.15, 0.2) is 0 Å². The van der Waals surface area contributed by atoms with Crippen molar-refractivity contribution in [1.29, 1.82) is 0 Å². The average molecular weight is 509 g/mol. The first kappa shape index (κ1) is 24.8. The lowest BCUT2D eigenvalue weighted by atomic mass is 9.96. The summed E-state index contributed by atoms with van der Waals surface area (Å²) in [6.45, 7) is 5.06. The summed E-state index contributed by atoms with van der Waals surface area (Å²) in [5, 5.41) is 13.6. The lowest BCUT2D eigenvalue weighted by Crippen LogP contribution is -2.23. The second-order valence-electron chi connectivity index (χ2n) is 9.58. The molecule has 6 nitrogen and oxygen atoms in total. The van der Waals surface area contributed by atoms with Gasteiger partial charge in [-0.15, -0.1) is 0 Å². The van der Waals surface area contributed by atoms with Crippen LogP contribution in [0.1, 0.15) is 52.0 Å². The summed E-state index contributed by atoms with van der Waals surface area (Å²) in [6.07, 6.45) is 0.175. The molecule has 0 radical (unpaired) electrons. The number of hydrogen-bond donors (Lipinski definition) is 2. The van der Waals surface area contributed by atoms with Crippen molar-refractivity contribution in [2.75, 3.05) is 25.5 Å². The Balaban J connectivity index is 1.64. The second-order valence-corrected chi connectivity index (χ2v) is 9.58. The third-order valence-corrected chi connectivity index (χ3v) is 7.07. The van der Waals surface area contributed by atoms with Crippen molar-refractivity contribution >= 4 is 33.9 Å². The van der Waals surface area contributed by atoms with Crippen LogP contribution in [0.2, 0.25) is 0 Å². The SMILES string of the molecule is Cc1c([C@@H](C)Nc2nc3cc(C(=O)O)cn3c3ccc(C4=CCN(C)CC4)cc23)cccc1C(F)(F)F. The van der Waals surface area contributed by atoms with Crippen molar-refractivity contribution in [2.45, 2.75) is 32.5 Å². The van der Waals surface area contributed by atoms with E-state index in [1.165, 1.54) is 30.8 Å². The maximum absolute atomic E-state index is 13.5. The zero-order valence-corrected chi connectivity index (χ0v) is 20.7. The number of aromatic nitrogens is 2. The van der Waals surface area contributed by atoms with Crippen LogP contribution in [0.3, 0.4) is 0 Å². The molecule has 0 spiro atoms. The standard InChI is InChI=1S/C28H27F3N4O2/c1-16-21(5-4-6-23(16)28(29,30)31)17(2)32-26-22-13-19(18-9-11-34(3)12-10-18)7-8-24(22)35-15-20(27(36)37)14-25(35)33-26/h4-9,13-15,17H,10-12H2,1-3H3,(H,32,33)(H,36,37)/t17-/m1/s1. The van der Waals surface area contributed by atoms with Gasteiger partial charge < -0.3 is 19.7 Å². The number of carboxylic acid groups (broad SMARTS) is 1. The number of nitrogens with zero attached hydrogens (tertiary/aromatic N) is 3. The number of anilines is 1. The van der Waals surface area contributed by atoms with Gasteiger partial charge in [-0.2, -0.15) is 13.2 Å². The van der Waals surface area contributed by atoms with Crippen molar-refractivity contribution in [3.63, 3.8) is 0 Å². The number of likely N-dealkylation sites (N-methyl/N-ethyl adjacent to an activating group) is 1. The number of aromatic carboxylic acids is 1. The Labute approximate surface area is 212 Å². The Bertz CT molecular complexity index is 1550. The van der Waals surface area contributed by atoms with Crippen molar-refractivity contribution < 1.29 is 23.1 Å². The lowest BCUT2D eigenvalue weighted by Gasteiger charge is -2.23. The van der Waals surface area contributed by atoms with Crippen LogP contribution in [-0.2, 0) is 6.18 Å². The van der Waals surface area contributed by atoms with Crippen LogP contribution in [0.5, 0.6) is 0 Å². The molecular formula is C28H27F3N4O2. The maximum atomic E-state index is 13.5. The molecule has 0 unspecified atom stereocenters. The topological polar surface area (TPSA) is 69.9 Å². The molecule has 0 bridgehead atoms. The first-order valence-electron chi connectivity index (χ1n) is 12.0. The van der Waals surface area contributed by atoms with Crippen molar-refractivity contribution in [2.24, 2.45) is 0 Å². The molecule has 4 aromatic rings. The van der Waals surface area contributed by atoms with Crippen LogP contribution in [0.15, 0.2) is 54.7 Å². The first-order chi connectivity index (χ1) is 17.5. The number of carboxylic acids is 1. The van der Waals surface area contributed by atoms with E-state index in [-0.39, 0.29) is 11.1 Å². The molecule has 3 heterocycles. The smallest absolute Gasteiger partial charge is 0.416 e. The van der Waals surface area contributed by atoms with Crippen molar-refractivity contribution in [3.8, 4) is 0 Å². The Kier molecular flexibility index (Phi) is 6.19. The van der Waals surface area contributed by atoms with Crippen LogP contribution >= 0.6 is 0 Å². The number of nitrogens with one attached hydrogen (secondary N) is 1. The zero-order chi connectivity index (χ0) is 26.5. The number of alkyl halides is 3. The highest BCUT2D eigenvalue weighted by molar-refractivity contribution is 5.96. The molecule has 5 rings (SSSR count). The quantitative estimate of drug-likeness (QED) is 0.326. The van der Waals surface area contributed by atoms with E-state index in [9.17, 15) is 23.1 Å². The van der Waals surface area contributed by atoms with E-state index in [1.807, 2.05) is 18.2 Å². The van der Waals surface area contributed by atoms with Gasteiger partial charge in [0.1, 0.15) is 11.5 Å². The van der Waals surface area contributed by atoms with Gasteiger partial charge in [-0.25, -0.2) is 9.78 Å². The fourth-order valence-corrected chi connectivity index (χ4v) is 5.01. The molecule has 0 aliphatic carbocycles. The van der Waals surface area contributed by atoms with Crippen molar-refractivity contribution in [1.82, 2.24) is 14.3 Å². The van der Waals surface area contributed by atoms with E-state index in [4.69, 9.17) is 4.98 Å². The number of hydrogen-bond acceptors (Lipinski definition) is 4. The highest BCUT2D eigenvalue weighted by Crippen LogP contribution is 2.36. The molecule has 37 heavy (non-hydrogen) atoms. The summed E-state index contributed by atoms with van der Waals surface area (Å²) in [7, 11) is 2.07. The van der Waals surface area contributed by atoms with Gasteiger partial charge in [-0.3, -0.25) is 0 Å². The average Bonchev–Trinajstić information content (AvgIpc) is 3.28. The number of benzene rings is 2. The van der Waals surface area contributed by atoms with Crippen LogP contribution in [0.25, 0.3) is 22.1 Å². The van der Waals surface area contributed by atoms with Gasteiger partial charge in [0.25, 0.3) is 0 Å². The van der Waals surface area contributed by atoms with E-state index in [1.54, 1.807) is 17.4 Å². The Morgan fingerprint density at radius 3 is 2.65 bits per heavy atom. The van der Waals surface area contributed by atoms with Gasteiger partial charge in [0.05, 0.1) is 22.7 Å². The fourth-order valence-electron chi connectivity index (χ4n) is 5.01. The Morgan fingerprint density at radius 2 is 1.97 bits per heavy atom. The highest BCUT2D eigenvalue weighted by Gasteiger charge is 2.33. The molecule has 192 valence electrons. The number of carbonyl (C=O) groups is 1. The largest absolute Gasteiger partial charge is 0.478 e.